The van der Waals surface area contributed by atoms with Gasteiger partial charge in [-0.3, -0.25) is 0 Å². The Morgan fingerprint density at radius 1 is 0.480 bits per heavy atom. The Morgan fingerprint density at radius 2 is 0.840 bits per heavy atom. The zero-order valence-corrected chi connectivity index (χ0v) is 18.1. The van der Waals surface area contributed by atoms with Crippen LogP contribution >= 0.6 is 0 Å². The monoisotopic (exact) mass is 351 g/mol. The molecule has 0 saturated carbocycles. The van der Waals surface area contributed by atoms with E-state index in [0.717, 1.165) is 12.3 Å². The zero-order chi connectivity index (χ0) is 18.4. The molecule has 0 spiro atoms. The first-order chi connectivity index (χ1) is 12.3. The van der Waals surface area contributed by atoms with Crippen molar-refractivity contribution < 1.29 is 0 Å². The summed E-state index contributed by atoms with van der Waals surface area (Å²) in [5.41, 5.74) is 0. The van der Waals surface area contributed by atoms with Crippen LogP contribution in [0.15, 0.2) is 0 Å². The van der Waals surface area contributed by atoms with Gasteiger partial charge in [-0.15, -0.1) is 0 Å². The fraction of sp³-hybridized carbons (Fsp3) is 0.960. The highest BCUT2D eigenvalue weighted by Gasteiger charge is 2.04. The molecule has 0 heterocycles. The predicted octanol–water partition coefficient (Wildman–Crippen LogP) is 9.67. The van der Waals surface area contributed by atoms with Gasteiger partial charge in [-0.25, -0.2) is 0 Å². The first-order valence-electron chi connectivity index (χ1n) is 12.1. The molecule has 151 valence electrons. The lowest BCUT2D eigenvalue weighted by molar-refractivity contribution is 0.402. The minimum absolute atomic E-state index is 0.980. The molecule has 1 unspecified atom stereocenters. The fourth-order valence-corrected chi connectivity index (χ4v) is 3.97. The van der Waals surface area contributed by atoms with Crippen molar-refractivity contribution in [1.29, 1.82) is 0 Å². The van der Waals surface area contributed by atoms with Crippen molar-refractivity contribution in [2.24, 2.45) is 5.92 Å². The van der Waals surface area contributed by atoms with E-state index < -0.39 is 0 Å². The maximum absolute atomic E-state index is 3.97. The Bertz CT molecular complexity index is 220. The van der Waals surface area contributed by atoms with Crippen LogP contribution in [0.4, 0.5) is 0 Å². The van der Waals surface area contributed by atoms with E-state index >= 15 is 0 Å². The number of rotatable bonds is 21. The van der Waals surface area contributed by atoms with E-state index in [4.69, 9.17) is 0 Å². The second-order valence-corrected chi connectivity index (χ2v) is 8.36. The van der Waals surface area contributed by atoms with Gasteiger partial charge in [0.05, 0.1) is 0 Å². The van der Waals surface area contributed by atoms with E-state index in [1.165, 1.54) is 128 Å². The fourth-order valence-electron chi connectivity index (χ4n) is 3.97. The minimum atomic E-state index is 0.980. The van der Waals surface area contributed by atoms with Crippen LogP contribution in [-0.4, -0.2) is 0 Å². The largest absolute Gasteiger partial charge is 0.0654 e. The summed E-state index contributed by atoms with van der Waals surface area (Å²) in [4.78, 5) is 0. The average molecular weight is 352 g/mol. The molecular formula is C25H51. The maximum atomic E-state index is 3.97. The molecule has 0 fully saturated rings. The zero-order valence-electron chi connectivity index (χ0n) is 18.1. The molecule has 0 aromatic rings. The van der Waals surface area contributed by atoms with Crippen molar-refractivity contribution in [1.82, 2.24) is 0 Å². The normalized spacial score (nSPS) is 12.6. The Kier molecular flexibility index (Phi) is 22.0. The number of unbranched alkanes of at least 4 members (excludes halogenated alkanes) is 16. The van der Waals surface area contributed by atoms with E-state index in [-0.39, 0.29) is 0 Å². The molecule has 0 aromatic carbocycles. The van der Waals surface area contributed by atoms with Crippen LogP contribution in [0.2, 0.25) is 0 Å². The second-order valence-electron chi connectivity index (χ2n) is 8.36. The lowest BCUT2D eigenvalue weighted by Crippen LogP contribution is -1.98. The summed E-state index contributed by atoms with van der Waals surface area (Å²) in [6.45, 7) is 8.63. The molecule has 0 heteroatoms. The number of hydrogen-bond acceptors (Lipinski definition) is 0. The van der Waals surface area contributed by atoms with Crippen LogP contribution in [0.1, 0.15) is 149 Å². The van der Waals surface area contributed by atoms with E-state index in [0.29, 0.717) is 0 Å². The van der Waals surface area contributed by atoms with Crippen LogP contribution in [-0.2, 0) is 0 Å². The first-order valence-corrected chi connectivity index (χ1v) is 12.1. The van der Waals surface area contributed by atoms with Crippen molar-refractivity contribution >= 4 is 0 Å². The molecule has 0 saturated heterocycles. The SMILES string of the molecule is [CH2]CCCC(CC)CCCCCCCCCCCCCCCCCC. The van der Waals surface area contributed by atoms with Gasteiger partial charge < -0.3 is 0 Å². The Hall–Kier alpha value is 0. The van der Waals surface area contributed by atoms with Crippen molar-refractivity contribution in [2.75, 3.05) is 0 Å². The van der Waals surface area contributed by atoms with Gasteiger partial charge in [0, 0.05) is 0 Å². The topological polar surface area (TPSA) is 0 Å². The molecule has 0 N–H and O–H groups in total. The van der Waals surface area contributed by atoms with Gasteiger partial charge in [0.1, 0.15) is 0 Å². The van der Waals surface area contributed by atoms with E-state index in [2.05, 4.69) is 20.8 Å². The summed E-state index contributed by atoms with van der Waals surface area (Å²) >= 11 is 0. The number of hydrogen-bond donors (Lipinski definition) is 0. The molecule has 0 amide bonds. The second kappa shape index (κ2) is 22.0. The van der Waals surface area contributed by atoms with E-state index in [1.807, 2.05) is 0 Å². The van der Waals surface area contributed by atoms with Gasteiger partial charge in [-0.2, -0.15) is 0 Å². The van der Waals surface area contributed by atoms with Gasteiger partial charge in [0.25, 0.3) is 0 Å². The van der Waals surface area contributed by atoms with Crippen LogP contribution < -0.4 is 0 Å². The van der Waals surface area contributed by atoms with E-state index in [1.54, 1.807) is 0 Å². The molecule has 1 radical (unpaired) electrons. The molecule has 0 rings (SSSR count). The summed E-state index contributed by atoms with van der Waals surface area (Å²) in [7, 11) is 0. The van der Waals surface area contributed by atoms with Gasteiger partial charge >= 0.3 is 0 Å². The van der Waals surface area contributed by atoms with Gasteiger partial charge in [-0.05, 0) is 5.92 Å². The Balaban J connectivity index is 3.11. The molecule has 0 bridgehead atoms. The smallest absolute Gasteiger partial charge is 0.0417 e. The van der Waals surface area contributed by atoms with Gasteiger partial charge in [0.15, 0.2) is 0 Å². The molecule has 0 aliphatic heterocycles. The van der Waals surface area contributed by atoms with Crippen molar-refractivity contribution in [2.45, 2.75) is 149 Å². The highest BCUT2D eigenvalue weighted by atomic mass is 14.1. The van der Waals surface area contributed by atoms with Crippen LogP contribution in [0.25, 0.3) is 0 Å². The highest BCUT2D eigenvalue weighted by molar-refractivity contribution is 4.59. The van der Waals surface area contributed by atoms with Crippen LogP contribution in [0.3, 0.4) is 0 Å². The molecular weight excluding hydrogens is 300 g/mol. The molecule has 0 aliphatic rings. The summed E-state index contributed by atoms with van der Waals surface area (Å²) in [6, 6.07) is 0. The third-order valence-electron chi connectivity index (χ3n) is 5.91. The average Bonchev–Trinajstić information content (AvgIpc) is 2.63. The molecule has 0 aliphatic carbocycles. The standard InChI is InChI=1S/C25H51/c1-4-7-9-10-11-12-13-14-15-16-17-18-19-20-21-22-24-25(6-3)23-8-5-2/h25H,2,4-24H2,1,3H3. The van der Waals surface area contributed by atoms with Gasteiger partial charge in [-0.1, -0.05) is 156 Å². The minimum Gasteiger partial charge on any atom is -0.0654 e. The van der Waals surface area contributed by atoms with Crippen molar-refractivity contribution in [3.63, 3.8) is 0 Å². The van der Waals surface area contributed by atoms with Crippen molar-refractivity contribution in [3.8, 4) is 0 Å². The van der Waals surface area contributed by atoms with Crippen molar-refractivity contribution in [3.05, 3.63) is 6.92 Å². The highest BCUT2D eigenvalue weighted by Crippen LogP contribution is 2.20. The van der Waals surface area contributed by atoms with Crippen LogP contribution in [0, 0.1) is 12.8 Å². The predicted molar refractivity (Wildman–Crippen MR) is 117 cm³/mol. The Morgan fingerprint density at radius 3 is 1.20 bits per heavy atom. The van der Waals surface area contributed by atoms with Crippen LogP contribution in [0.5, 0.6) is 0 Å². The van der Waals surface area contributed by atoms with Gasteiger partial charge in [0.2, 0.25) is 0 Å². The summed E-state index contributed by atoms with van der Waals surface area (Å²) in [6.07, 6.45) is 30.2. The maximum Gasteiger partial charge on any atom is -0.0417 e. The molecule has 1 atom stereocenters. The summed E-state index contributed by atoms with van der Waals surface area (Å²) < 4.78 is 0. The summed E-state index contributed by atoms with van der Waals surface area (Å²) in [5, 5.41) is 0. The van der Waals surface area contributed by atoms with E-state index in [9.17, 15) is 0 Å². The molecule has 0 nitrogen and oxygen atoms in total. The lowest BCUT2D eigenvalue weighted by atomic mass is 9.93. The quantitative estimate of drug-likeness (QED) is 0.180. The molecule has 0 aromatic heterocycles. The lowest BCUT2D eigenvalue weighted by Gasteiger charge is -2.13. The third-order valence-corrected chi connectivity index (χ3v) is 5.91. The third kappa shape index (κ3) is 20.2. The Labute approximate surface area is 161 Å². The molecule has 25 heavy (non-hydrogen) atoms. The first kappa shape index (κ1) is 25.0. The summed E-state index contributed by atoms with van der Waals surface area (Å²) in [5.74, 6) is 0.980.